The van der Waals surface area contributed by atoms with Crippen molar-refractivity contribution in [3.8, 4) is 5.75 Å². The molecule has 2 rings (SSSR count). The van der Waals surface area contributed by atoms with E-state index < -0.39 is 0 Å². The van der Waals surface area contributed by atoms with E-state index in [1.807, 2.05) is 12.1 Å². The minimum atomic E-state index is 0. The van der Waals surface area contributed by atoms with Gasteiger partial charge in [0.25, 0.3) is 0 Å². The Labute approximate surface area is 180 Å². The Kier molecular flexibility index (Phi) is 13.3. The fraction of sp³-hybridized carbons (Fsp3) is 0.650. The normalized spacial score (nSPS) is 16.7. The quantitative estimate of drug-likeness (QED) is 0.216. The lowest BCUT2D eigenvalue weighted by atomic mass is 10.1. The van der Waals surface area contributed by atoms with Gasteiger partial charge in [-0.2, -0.15) is 0 Å². The van der Waals surface area contributed by atoms with E-state index in [1.54, 1.807) is 14.2 Å². The fourth-order valence-corrected chi connectivity index (χ4v) is 2.89. The van der Waals surface area contributed by atoms with Crippen LogP contribution in [0, 0.1) is 5.92 Å². The molecule has 0 spiro atoms. The van der Waals surface area contributed by atoms with Gasteiger partial charge in [0.05, 0.1) is 20.3 Å². The fourth-order valence-electron chi connectivity index (χ4n) is 2.89. The van der Waals surface area contributed by atoms with Gasteiger partial charge in [0.1, 0.15) is 5.75 Å². The maximum absolute atomic E-state index is 5.71. The van der Waals surface area contributed by atoms with Crippen molar-refractivity contribution in [2.45, 2.75) is 25.7 Å². The Hall–Kier alpha value is -1.06. The first kappa shape index (κ1) is 24.0. The van der Waals surface area contributed by atoms with Gasteiger partial charge in [-0.25, -0.2) is 0 Å². The molecule has 1 aromatic carbocycles. The number of halogens is 1. The number of guanidine groups is 1. The van der Waals surface area contributed by atoms with Gasteiger partial charge in [0.2, 0.25) is 0 Å². The second-order valence-corrected chi connectivity index (χ2v) is 6.54. The molecule has 1 fully saturated rings. The van der Waals surface area contributed by atoms with Crippen LogP contribution < -0.4 is 15.4 Å². The van der Waals surface area contributed by atoms with Crippen molar-refractivity contribution in [1.82, 2.24) is 10.6 Å². The first-order chi connectivity index (χ1) is 12.8. The van der Waals surface area contributed by atoms with E-state index in [2.05, 4.69) is 27.8 Å². The molecular weight excluding hydrogens is 457 g/mol. The van der Waals surface area contributed by atoms with E-state index in [0.717, 1.165) is 76.9 Å². The van der Waals surface area contributed by atoms with Crippen LogP contribution in [-0.2, 0) is 15.9 Å². The summed E-state index contributed by atoms with van der Waals surface area (Å²) in [4.78, 5) is 4.26. The molecule has 6 nitrogen and oxygen atoms in total. The first-order valence-electron chi connectivity index (χ1n) is 9.54. The summed E-state index contributed by atoms with van der Waals surface area (Å²) in [5.74, 6) is 2.34. The second-order valence-electron chi connectivity index (χ2n) is 6.54. The molecule has 0 bridgehead atoms. The van der Waals surface area contributed by atoms with Gasteiger partial charge in [0, 0.05) is 39.3 Å². The third kappa shape index (κ3) is 10.2. The van der Waals surface area contributed by atoms with Crippen molar-refractivity contribution < 1.29 is 14.2 Å². The van der Waals surface area contributed by atoms with Gasteiger partial charge in [-0.05, 0) is 43.4 Å². The van der Waals surface area contributed by atoms with E-state index in [4.69, 9.17) is 14.2 Å². The number of hydrogen-bond donors (Lipinski definition) is 2. The molecule has 1 aromatic rings. The number of benzene rings is 1. The van der Waals surface area contributed by atoms with E-state index in [1.165, 1.54) is 5.56 Å². The van der Waals surface area contributed by atoms with Gasteiger partial charge < -0.3 is 24.8 Å². The van der Waals surface area contributed by atoms with Crippen molar-refractivity contribution in [2.24, 2.45) is 10.9 Å². The van der Waals surface area contributed by atoms with Gasteiger partial charge in [-0.15, -0.1) is 24.0 Å². The highest BCUT2D eigenvalue weighted by Gasteiger charge is 2.15. The number of nitrogens with zero attached hydrogens (tertiary/aromatic N) is 1. The molecule has 0 saturated carbocycles. The Balaban J connectivity index is 0.00000364. The number of aryl methyl sites for hydroxylation is 1. The van der Waals surface area contributed by atoms with E-state index in [0.29, 0.717) is 5.92 Å². The first-order valence-corrected chi connectivity index (χ1v) is 9.54. The topological polar surface area (TPSA) is 64.1 Å². The van der Waals surface area contributed by atoms with Crippen molar-refractivity contribution in [1.29, 1.82) is 0 Å². The Bertz CT molecular complexity index is 537. The average molecular weight is 491 g/mol. The van der Waals surface area contributed by atoms with Crippen molar-refractivity contribution >= 4 is 29.9 Å². The molecule has 0 amide bonds. The summed E-state index contributed by atoms with van der Waals surface area (Å²) in [5, 5.41) is 6.68. The highest BCUT2D eigenvalue weighted by molar-refractivity contribution is 14.0. The molecule has 27 heavy (non-hydrogen) atoms. The smallest absolute Gasteiger partial charge is 0.190 e. The van der Waals surface area contributed by atoms with Crippen LogP contribution in [0.25, 0.3) is 0 Å². The van der Waals surface area contributed by atoms with Crippen LogP contribution >= 0.6 is 24.0 Å². The summed E-state index contributed by atoms with van der Waals surface area (Å²) in [6, 6.07) is 8.22. The van der Waals surface area contributed by atoms with Gasteiger partial charge in [-0.3, -0.25) is 4.99 Å². The molecule has 0 radical (unpaired) electrons. The van der Waals surface area contributed by atoms with Crippen LogP contribution in [0.15, 0.2) is 29.3 Å². The van der Waals surface area contributed by atoms with Gasteiger partial charge in [-0.1, -0.05) is 12.1 Å². The predicted molar refractivity (Wildman–Crippen MR) is 120 cm³/mol. The Morgan fingerprint density at radius 2 is 2.07 bits per heavy atom. The summed E-state index contributed by atoms with van der Waals surface area (Å²) >= 11 is 0. The van der Waals surface area contributed by atoms with E-state index >= 15 is 0 Å². The van der Waals surface area contributed by atoms with Crippen molar-refractivity contribution in [2.75, 3.05) is 53.7 Å². The van der Waals surface area contributed by atoms with Crippen LogP contribution in [0.5, 0.6) is 5.75 Å². The van der Waals surface area contributed by atoms with E-state index in [9.17, 15) is 0 Å². The van der Waals surface area contributed by atoms with Crippen molar-refractivity contribution in [3.63, 3.8) is 0 Å². The number of ether oxygens (including phenoxy) is 3. The molecule has 1 aliphatic rings. The van der Waals surface area contributed by atoms with E-state index in [-0.39, 0.29) is 24.0 Å². The van der Waals surface area contributed by atoms with Crippen molar-refractivity contribution in [3.05, 3.63) is 29.8 Å². The molecular formula is C20H34IN3O3. The number of aliphatic imine (C=N–C) groups is 1. The highest BCUT2D eigenvalue weighted by Crippen LogP contribution is 2.13. The zero-order valence-electron chi connectivity index (χ0n) is 16.5. The molecule has 2 N–H and O–H groups in total. The summed E-state index contributed by atoms with van der Waals surface area (Å²) in [6.45, 7) is 5.07. The van der Waals surface area contributed by atoms with Gasteiger partial charge in [0.15, 0.2) is 5.96 Å². The molecule has 7 heteroatoms. The SMILES string of the molecule is CN=C(NCCCOCC1CCOC1)NCCCc1cccc(OC)c1.I. The number of nitrogens with one attached hydrogen (secondary N) is 2. The lowest BCUT2D eigenvalue weighted by Gasteiger charge is -2.13. The standard InChI is InChI=1S/C20H33N3O3.HI/c1-21-20(23-11-5-12-25-15-18-9-13-26-16-18)22-10-4-7-17-6-3-8-19(14-17)24-2;/h3,6,8,14,18H,4-5,7,9-13,15-16H2,1-2H3,(H2,21,22,23);1H. The summed E-state index contributed by atoms with van der Waals surface area (Å²) < 4.78 is 16.3. The summed E-state index contributed by atoms with van der Waals surface area (Å²) in [5.41, 5.74) is 1.29. The van der Waals surface area contributed by atoms with Gasteiger partial charge >= 0.3 is 0 Å². The largest absolute Gasteiger partial charge is 0.497 e. The molecule has 0 aromatic heterocycles. The molecule has 0 aliphatic carbocycles. The Morgan fingerprint density at radius 1 is 1.26 bits per heavy atom. The number of rotatable bonds is 11. The summed E-state index contributed by atoms with van der Waals surface area (Å²) in [7, 11) is 3.50. The van der Waals surface area contributed by atoms with Crippen LogP contribution in [-0.4, -0.2) is 59.6 Å². The van der Waals surface area contributed by atoms with Crippen LogP contribution in [0.2, 0.25) is 0 Å². The highest BCUT2D eigenvalue weighted by atomic mass is 127. The third-order valence-corrected chi connectivity index (χ3v) is 4.43. The number of methoxy groups -OCH3 is 1. The third-order valence-electron chi connectivity index (χ3n) is 4.43. The second kappa shape index (κ2) is 14.9. The maximum Gasteiger partial charge on any atom is 0.190 e. The summed E-state index contributed by atoms with van der Waals surface area (Å²) in [6.07, 6.45) is 4.16. The molecule has 1 heterocycles. The van der Waals surface area contributed by atoms with Crippen LogP contribution in [0.3, 0.4) is 0 Å². The van der Waals surface area contributed by atoms with Crippen LogP contribution in [0.4, 0.5) is 0 Å². The maximum atomic E-state index is 5.71. The van der Waals surface area contributed by atoms with Crippen LogP contribution in [0.1, 0.15) is 24.8 Å². The molecule has 1 aliphatic heterocycles. The molecule has 1 unspecified atom stereocenters. The minimum Gasteiger partial charge on any atom is -0.497 e. The lowest BCUT2D eigenvalue weighted by molar-refractivity contribution is 0.0888. The average Bonchev–Trinajstić information content (AvgIpc) is 3.19. The Morgan fingerprint density at radius 3 is 2.78 bits per heavy atom. The number of hydrogen-bond acceptors (Lipinski definition) is 4. The zero-order valence-corrected chi connectivity index (χ0v) is 18.9. The zero-order chi connectivity index (χ0) is 18.5. The molecule has 1 atom stereocenters. The molecule has 154 valence electrons. The monoisotopic (exact) mass is 491 g/mol. The lowest BCUT2D eigenvalue weighted by Crippen LogP contribution is -2.38. The predicted octanol–water partition coefficient (Wildman–Crippen LogP) is 2.85. The minimum absolute atomic E-state index is 0. The molecule has 1 saturated heterocycles.